The molecular formula is C16H19N3O3. The van der Waals surface area contributed by atoms with Crippen LogP contribution in [-0.2, 0) is 16.0 Å². The van der Waals surface area contributed by atoms with Crippen LogP contribution in [0.5, 0.6) is 0 Å². The van der Waals surface area contributed by atoms with E-state index < -0.39 is 0 Å². The second-order valence-corrected chi connectivity index (χ2v) is 5.11. The Labute approximate surface area is 128 Å². The number of carbonyl (C=O) groups excluding carboxylic acids is 2. The summed E-state index contributed by atoms with van der Waals surface area (Å²) in [5, 5.41) is 9.36. The first-order chi connectivity index (χ1) is 10.5. The fourth-order valence-corrected chi connectivity index (χ4v) is 2.20. The van der Waals surface area contributed by atoms with Gasteiger partial charge in [0.15, 0.2) is 0 Å². The third kappa shape index (κ3) is 4.18. The van der Waals surface area contributed by atoms with Gasteiger partial charge < -0.3 is 15.2 Å². The van der Waals surface area contributed by atoms with Crippen molar-refractivity contribution in [1.29, 1.82) is 0 Å². The lowest BCUT2D eigenvalue weighted by Gasteiger charge is -2.08. The summed E-state index contributed by atoms with van der Waals surface area (Å²) in [6.45, 7) is 5.14. The number of nitrogens with zero attached hydrogens (tertiary/aromatic N) is 1. The maximum absolute atomic E-state index is 12.0. The first-order valence-corrected chi connectivity index (χ1v) is 7.05. The number of aromatic nitrogens is 1. The van der Waals surface area contributed by atoms with E-state index in [0.29, 0.717) is 24.2 Å². The Morgan fingerprint density at radius 1 is 1.18 bits per heavy atom. The molecule has 116 valence electrons. The minimum atomic E-state index is -0.151. The third-order valence-electron chi connectivity index (χ3n) is 3.25. The Morgan fingerprint density at radius 2 is 1.86 bits per heavy atom. The van der Waals surface area contributed by atoms with E-state index in [9.17, 15) is 9.59 Å². The zero-order valence-electron chi connectivity index (χ0n) is 12.9. The van der Waals surface area contributed by atoms with Crippen LogP contribution < -0.4 is 10.6 Å². The Hall–Kier alpha value is -2.63. The molecule has 2 amide bonds. The summed E-state index contributed by atoms with van der Waals surface area (Å²) < 4.78 is 5.08. The molecule has 0 saturated heterocycles. The average Bonchev–Trinajstić information content (AvgIpc) is 2.75. The number of amides is 2. The molecule has 0 radical (unpaired) electrons. The van der Waals surface area contributed by atoms with E-state index in [1.807, 2.05) is 13.8 Å². The van der Waals surface area contributed by atoms with Crippen LogP contribution in [0.1, 0.15) is 30.4 Å². The van der Waals surface area contributed by atoms with Crippen molar-refractivity contribution < 1.29 is 14.1 Å². The van der Waals surface area contributed by atoms with Crippen molar-refractivity contribution in [1.82, 2.24) is 5.16 Å². The molecule has 0 aliphatic carbocycles. The highest BCUT2D eigenvalue weighted by Gasteiger charge is 2.11. The zero-order chi connectivity index (χ0) is 16.1. The fraction of sp³-hybridized carbons (Fsp3) is 0.312. The minimum absolute atomic E-state index is 0.0972. The van der Waals surface area contributed by atoms with Crippen LogP contribution in [0, 0.1) is 13.8 Å². The van der Waals surface area contributed by atoms with Gasteiger partial charge in [0.25, 0.3) is 0 Å². The summed E-state index contributed by atoms with van der Waals surface area (Å²) >= 11 is 0. The molecule has 2 rings (SSSR count). The molecule has 0 aliphatic rings. The van der Waals surface area contributed by atoms with Crippen molar-refractivity contribution >= 4 is 23.2 Å². The van der Waals surface area contributed by atoms with E-state index in [0.717, 1.165) is 17.0 Å². The van der Waals surface area contributed by atoms with Crippen molar-refractivity contribution in [2.45, 2.75) is 33.6 Å². The standard InChI is InChI=1S/C16H19N3O3/c1-10-15(11(2)22-19-10)7-8-16(21)18-14-6-4-5-13(9-14)17-12(3)20/h4-6,9H,7-8H2,1-3H3,(H,17,20)(H,18,21). The van der Waals surface area contributed by atoms with Gasteiger partial charge in [0.2, 0.25) is 11.8 Å². The largest absolute Gasteiger partial charge is 0.361 e. The molecule has 2 aromatic rings. The predicted octanol–water partition coefficient (Wildman–Crippen LogP) is 2.82. The van der Waals surface area contributed by atoms with Crippen LogP contribution in [0.25, 0.3) is 0 Å². The second-order valence-electron chi connectivity index (χ2n) is 5.11. The number of anilines is 2. The number of aryl methyl sites for hydroxylation is 2. The quantitative estimate of drug-likeness (QED) is 0.889. The van der Waals surface area contributed by atoms with E-state index in [1.165, 1.54) is 6.92 Å². The Morgan fingerprint density at radius 3 is 2.45 bits per heavy atom. The molecule has 0 spiro atoms. The molecule has 1 aromatic carbocycles. The van der Waals surface area contributed by atoms with Crippen molar-refractivity contribution in [3.8, 4) is 0 Å². The van der Waals surface area contributed by atoms with E-state index in [4.69, 9.17) is 4.52 Å². The average molecular weight is 301 g/mol. The van der Waals surface area contributed by atoms with Crippen LogP contribution in [0.4, 0.5) is 11.4 Å². The van der Waals surface area contributed by atoms with Crippen molar-refractivity contribution in [3.63, 3.8) is 0 Å². The highest BCUT2D eigenvalue weighted by molar-refractivity contribution is 5.93. The predicted molar refractivity (Wildman–Crippen MR) is 83.7 cm³/mol. The van der Waals surface area contributed by atoms with Crippen LogP contribution in [-0.4, -0.2) is 17.0 Å². The van der Waals surface area contributed by atoms with E-state index in [-0.39, 0.29) is 11.8 Å². The van der Waals surface area contributed by atoms with Gasteiger partial charge in [-0.2, -0.15) is 0 Å². The van der Waals surface area contributed by atoms with Crippen molar-refractivity contribution in [3.05, 3.63) is 41.3 Å². The van der Waals surface area contributed by atoms with Gasteiger partial charge in [-0.3, -0.25) is 9.59 Å². The molecule has 1 heterocycles. The van der Waals surface area contributed by atoms with Gasteiger partial charge in [-0.25, -0.2) is 0 Å². The monoisotopic (exact) mass is 301 g/mol. The summed E-state index contributed by atoms with van der Waals surface area (Å²) in [6, 6.07) is 7.03. The van der Waals surface area contributed by atoms with E-state index in [2.05, 4.69) is 15.8 Å². The van der Waals surface area contributed by atoms with Gasteiger partial charge in [0.1, 0.15) is 5.76 Å². The topological polar surface area (TPSA) is 84.2 Å². The van der Waals surface area contributed by atoms with Gasteiger partial charge >= 0.3 is 0 Å². The number of nitrogens with one attached hydrogen (secondary N) is 2. The van der Waals surface area contributed by atoms with Gasteiger partial charge in [0.05, 0.1) is 5.69 Å². The van der Waals surface area contributed by atoms with Crippen LogP contribution in [0.2, 0.25) is 0 Å². The lowest BCUT2D eigenvalue weighted by atomic mass is 10.1. The molecule has 0 fully saturated rings. The first-order valence-electron chi connectivity index (χ1n) is 7.05. The number of benzene rings is 1. The molecule has 0 aliphatic heterocycles. The lowest BCUT2D eigenvalue weighted by Crippen LogP contribution is -2.13. The molecule has 2 N–H and O–H groups in total. The summed E-state index contributed by atoms with van der Waals surface area (Å²) in [4.78, 5) is 23.0. The van der Waals surface area contributed by atoms with Crippen molar-refractivity contribution in [2.24, 2.45) is 0 Å². The number of rotatable bonds is 5. The summed E-state index contributed by atoms with van der Waals surface area (Å²) in [5.41, 5.74) is 3.09. The molecular weight excluding hydrogens is 282 g/mol. The van der Waals surface area contributed by atoms with Gasteiger partial charge in [0, 0.05) is 30.3 Å². The summed E-state index contributed by atoms with van der Waals surface area (Å²) in [6.07, 6.45) is 0.922. The molecule has 1 aromatic heterocycles. The lowest BCUT2D eigenvalue weighted by molar-refractivity contribution is -0.116. The molecule has 0 atom stereocenters. The number of hydrogen-bond donors (Lipinski definition) is 2. The first kappa shape index (κ1) is 15.8. The van der Waals surface area contributed by atoms with E-state index in [1.54, 1.807) is 24.3 Å². The number of hydrogen-bond acceptors (Lipinski definition) is 4. The molecule has 0 bridgehead atoms. The second kappa shape index (κ2) is 6.89. The molecule has 0 unspecified atom stereocenters. The van der Waals surface area contributed by atoms with E-state index >= 15 is 0 Å². The van der Waals surface area contributed by atoms with Crippen LogP contribution >= 0.6 is 0 Å². The van der Waals surface area contributed by atoms with Gasteiger partial charge in [-0.15, -0.1) is 0 Å². The summed E-state index contributed by atoms with van der Waals surface area (Å²) in [7, 11) is 0. The van der Waals surface area contributed by atoms with Crippen LogP contribution in [0.3, 0.4) is 0 Å². The zero-order valence-corrected chi connectivity index (χ0v) is 12.9. The minimum Gasteiger partial charge on any atom is -0.361 e. The third-order valence-corrected chi connectivity index (χ3v) is 3.25. The highest BCUT2D eigenvalue weighted by atomic mass is 16.5. The SMILES string of the molecule is CC(=O)Nc1cccc(NC(=O)CCc2c(C)noc2C)c1. The smallest absolute Gasteiger partial charge is 0.224 e. The van der Waals surface area contributed by atoms with Crippen LogP contribution in [0.15, 0.2) is 28.8 Å². The Balaban J connectivity index is 1.93. The number of carbonyl (C=O) groups is 2. The Bertz CT molecular complexity index is 672. The highest BCUT2D eigenvalue weighted by Crippen LogP contribution is 2.17. The maximum atomic E-state index is 12.0. The maximum Gasteiger partial charge on any atom is 0.224 e. The van der Waals surface area contributed by atoms with Crippen molar-refractivity contribution in [2.75, 3.05) is 10.6 Å². The molecule has 22 heavy (non-hydrogen) atoms. The molecule has 0 saturated carbocycles. The van der Waals surface area contributed by atoms with Gasteiger partial charge in [-0.1, -0.05) is 11.2 Å². The van der Waals surface area contributed by atoms with Gasteiger partial charge in [-0.05, 0) is 38.5 Å². The Kier molecular flexibility index (Phi) is 4.93. The summed E-state index contributed by atoms with van der Waals surface area (Å²) in [5.74, 6) is 0.500. The molecule has 6 nitrogen and oxygen atoms in total. The normalized spacial score (nSPS) is 10.3. The molecule has 6 heteroatoms. The fourth-order valence-electron chi connectivity index (χ4n) is 2.20.